The van der Waals surface area contributed by atoms with Crippen LogP contribution in [-0.4, -0.2) is 11.2 Å². The molecular weight excluding hydrogens is 387 g/mol. The van der Waals surface area contributed by atoms with Gasteiger partial charge in [0, 0.05) is 9.13 Å². The first kappa shape index (κ1) is 15.6. The van der Waals surface area contributed by atoms with Crippen LogP contribution in [0.3, 0.4) is 0 Å². The Bertz CT molecular complexity index is 599. The molecule has 0 radical (unpaired) electrons. The van der Waals surface area contributed by atoms with Crippen LogP contribution in [0.4, 0.5) is 0 Å². The van der Waals surface area contributed by atoms with Crippen molar-refractivity contribution in [3.8, 4) is 5.75 Å². The molecule has 1 N–H and O–H groups in total. The summed E-state index contributed by atoms with van der Waals surface area (Å²) < 4.78 is 6.71. The summed E-state index contributed by atoms with van der Waals surface area (Å²) in [5, 5.41) is 11.2. The minimum atomic E-state index is -0.751. The van der Waals surface area contributed by atoms with Crippen LogP contribution >= 0.6 is 34.2 Å². The van der Waals surface area contributed by atoms with Gasteiger partial charge in [-0.1, -0.05) is 35.9 Å². The average molecular weight is 403 g/mol. The van der Waals surface area contributed by atoms with Gasteiger partial charge in [0.05, 0.1) is 11.1 Å². The molecule has 0 saturated heterocycles. The Kier molecular flexibility index (Phi) is 5.29. The molecule has 20 heavy (non-hydrogen) atoms. The van der Waals surface area contributed by atoms with Crippen molar-refractivity contribution in [2.45, 2.75) is 26.1 Å². The highest BCUT2D eigenvalue weighted by atomic mass is 127. The van der Waals surface area contributed by atoms with E-state index >= 15 is 0 Å². The Labute approximate surface area is 137 Å². The summed E-state index contributed by atoms with van der Waals surface area (Å²) in [6, 6.07) is 13.1. The second kappa shape index (κ2) is 6.78. The number of ether oxygens (including phenoxy) is 1. The number of aliphatic hydroxyl groups excluding tert-OH is 1. The molecule has 0 saturated carbocycles. The van der Waals surface area contributed by atoms with Crippen LogP contribution in [0.1, 0.15) is 31.1 Å². The maximum Gasteiger partial charge on any atom is 0.125 e. The van der Waals surface area contributed by atoms with Gasteiger partial charge in [0.1, 0.15) is 11.9 Å². The maximum atomic E-state index is 10.6. The predicted octanol–water partition coefficient (Wildman–Crippen LogP) is 4.81. The molecule has 4 heteroatoms. The molecule has 0 aliphatic carbocycles. The lowest BCUT2D eigenvalue weighted by Gasteiger charge is -2.18. The van der Waals surface area contributed by atoms with Gasteiger partial charge in [-0.15, -0.1) is 0 Å². The number of rotatable bonds is 4. The summed E-state index contributed by atoms with van der Waals surface area (Å²) in [5.41, 5.74) is 1.51. The number of aliphatic hydroxyl groups is 1. The highest BCUT2D eigenvalue weighted by Crippen LogP contribution is 2.32. The largest absolute Gasteiger partial charge is 0.491 e. The van der Waals surface area contributed by atoms with Crippen molar-refractivity contribution >= 4 is 34.2 Å². The SMILES string of the molecule is CC(C)Oc1ccccc1C(O)c1ccc(I)c(Cl)c1. The van der Waals surface area contributed by atoms with Gasteiger partial charge >= 0.3 is 0 Å². The molecule has 2 aromatic carbocycles. The molecule has 2 rings (SSSR count). The fourth-order valence-corrected chi connectivity index (χ4v) is 2.45. The first-order valence-corrected chi connectivity index (χ1v) is 7.83. The van der Waals surface area contributed by atoms with E-state index in [0.717, 1.165) is 14.7 Å². The number of benzene rings is 2. The summed E-state index contributed by atoms with van der Waals surface area (Å²) in [6.45, 7) is 3.93. The van der Waals surface area contributed by atoms with Gasteiger partial charge in [-0.05, 0) is 60.2 Å². The number of halogens is 2. The Morgan fingerprint density at radius 2 is 1.85 bits per heavy atom. The number of hydrogen-bond acceptors (Lipinski definition) is 2. The van der Waals surface area contributed by atoms with Crippen molar-refractivity contribution in [3.05, 3.63) is 62.2 Å². The van der Waals surface area contributed by atoms with Gasteiger partial charge in [-0.2, -0.15) is 0 Å². The molecule has 0 spiro atoms. The minimum absolute atomic E-state index is 0.0589. The first-order valence-electron chi connectivity index (χ1n) is 6.37. The topological polar surface area (TPSA) is 29.5 Å². The van der Waals surface area contributed by atoms with Crippen molar-refractivity contribution in [1.29, 1.82) is 0 Å². The Hall–Kier alpha value is -0.780. The van der Waals surface area contributed by atoms with E-state index in [1.165, 1.54) is 0 Å². The van der Waals surface area contributed by atoms with Crippen molar-refractivity contribution in [3.63, 3.8) is 0 Å². The van der Waals surface area contributed by atoms with Crippen LogP contribution < -0.4 is 4.74 Å². The van der Waals surface area contributed by atoms with Crippen LogP contribution in [0.5, 0.6) is 5.75 Å². The van der Waals surface area contributed by atoms with Gasteiger partial charge in [-0.25, -0.2) is 0 Å². The van der Waals surface area contributed by atoms with Crippen LogP contribution in [-0.2, 0) is 0 Å². The summed E-state index contributed by atoms with van der Waals surface area (Å²) >= 11 is 8.28. The van der Waals surface area contributed by atoms with Gasteiger partial charge in [-0.3, -0.25) is 0 Å². The zero-order valence-electron chi connectivity index (χ0n) is 11.3. The molecule has 106 valence electrons. The highest BCUT2D eigenvalue weighted by molar-refractivity contribution is 14.1. The molecule has 0 bridgehead atoms. The fraction of sp³-hybridized carbons (Fsp3) is 0.250. The van der Waals surface area contributed by atoms with Crippen LogP contribution in [0.25, 0.3) is 0 Å². The second-order valence-corrected chi connectivity index (χ2v) is 6.35. The minimum Gasteiger partial charge on any atom is -0.491 e. The highest BCUT2D eigenvalue weighted by Gasteiger charge is 2.16. The predicted molar refractivity (Wildman–Crippen MR) is 90.4 cm³/mol. The van der Waals surface area contributed by atoms with Gasteiger partial charge in [0.2, 0.25) is 0 Å². The van der Waals surface area contributed by atoms with E-state index in [1.54, 1.807) is 6.07 Å². The third kappa shape index (κ3) is 3.65. The molecule has 0 aliphatic rings. The van der Waals surface area contributed by atoms with Gasteiger partial charge in [0.25, 0.3) is 0 Å². The molecule has 2 nitrogen and oxygen atoms in total. The summed E-state index contributed by atoms with van der Waals surface area (Å²) in [4.78, 5) is 0. The number of para-hydroxylation sites is 1. The van der Waals surface area contributed by atoms with E-state index in [4.69, 9.17) is 16.3 Å². The Balaban J connectivity index is 2.37. The van der Waals surface area contributed by atoms with E-state index in [9.17, 15) is 5.11 Å². The smallest absolute Gasteiger partial charge is 0.125 e. The average Bonchev–Trinajstić information content (AvgIpc) is 2.41. The Morgan fingerprint density at radius 3 is 2.50 bits per heavy atom. The molecule has 1 atom stereocenters. The summed E-state index contributed by atoms with van der Waals surface area (Å²) in [5.74, 6) is 0.699. The zero-order valence-corrected chi connectivity index (χ0v) is 14.2. The standard InChI is InChI=1S/C16H16ClIO2/c1-10(2)20-15-6-4-3-5-12(15)16(19)11-7-8-14(18)13(17)9-11/h3-10,16,19H,1-2H3. The zero-order chi connectivity index (χ0) is 14.7. The van der Waals surface area contributed by atoms with Crippen molar-refractivity contribution in [2.24, 2.45) is 0 Å². The van der Waals surface area contributed by atoms with Crippen LogP contribution in [0, 0.1) is 3.57 Å². The monoisotopic (exact) mass is 402 g/mol. The molecule has 1 unspecified atom stereocenters. The van der Waals surface area contributed by atoms with Crippen molar-refractivity contribution in [2.75, 3.05) is 0 Å². The normalized spacial score (nSPS) is 12.5. The summed E-state index contributed by atoms with van der Waals surface area (Å²) in [7, 11) is 0. The first-order chi connectivity index (χ1) is 9.49. The molecule has 0 aromatic heterocycles. The fourth-order valence-electron chi connectivity index (χ4n) is 1.93. The van der Waals surface area contributed by atoms with Crippen molar-refractivity contribution in [1.82, 2.24) is 0 Å². The lowest BCUT2D eigenvalue weighted by atomic mass is 10.0. The van der Waals surface area contributed by atoms with Crippen LogP contribution in [0.15, 0.2) is 42.5 Å². The van der Waals surface area contributed by atoms with E-state index in [1.807, 2.05) is 50.2 Å². The lowest BCUT2D eigenvalue weighted by molar-refractivity contribution is 0.198. The third-order valence-corrected chi connectivity index (χ3v) is 4.41. The van der Waals surface area contributed by atoms with Crippen molar-refractivity contribution < 1.29 is 9.84 Å². The second-order valence-electron chi connectivity index (χ2n) is 4.78. The quantitative estimate of drug-likeness (QED) is 0.744. The molecule has 0 amide bonds. The van der Waals surface area contributed by atoms with E-state index in [0.29, 0.717) is 10.8 Å². The maximum absolute atomic E-state index is 10.6. The molecule has 0 fully saturated rings. The molecule has 2 aromatic rings. The Morgan fingerprint density at radius 1 is 1.15 bits per heavy atom. The molecule has 0 heterocycles. The van der Waals surface area contributed by atoms with Gasteiger partial charge in [0.15, 0.2) is 0 Å². The summed E-state index contributed by atoms with van der Waals surface area (Å²) in [6.07, 6.45) is -0.692. The molecule has 0 aliphatic heterocycles. The van der Waals surface area contributed by atoms with E-state index in [2.05, 4.69) is 22.6 Å². The molecular formula is C16H16ClIO2. The van der Waals surface area contributed by atoms with E-state index in [-0.39, 0.29) is 6.10 Å². The number of hydrogen-bond donors (Lipinski definition) is 1. The third-order valence-electron chi connectivity index (χ3n) is 2.84. The lowest BCUT2D eigenvalue weighted by Crippen LogP contribution is -2.10. The van der Waals surface area contributed by atoms with Crippen LogP contribution in [0.2, 0.25) is 5.02 Å². The van der Waals surface area contributed by atoms with Gasteiger partial charge < -0.3 is 9.84 Å². The van der Waals surface area contributed by atoms with E-state index < -0.39 is 6.10 Å².